The van der Waals surface area contributed by atoms with Crippen molar-refractivity contribution in [3.63, 3.8) is 0 Å². The minimum Gasteiger partial charge on any atom is -0.338 e. The van der Waals surface area contributed by atoms with E-state index in [1.54, 1.807) is 0 Å². The van der Waals surface area contributed by atoms with E-state index in [2.05, 4.69) is 10.6 Å². The molecule has 1 fully saturated rings. The molecule has 0 heterocycles. The number of carbonyl (C=O) groups is 1. The third kappa shape index (κ3) is 6.10. The fourth-order valence-electron chi connectivity index (χ4n) is 3.07. The number of carbonyl (C=O) groups excluding carboxylic acids is 1. The molecule has 0 aliphatic heterocycles. The molecule has 2 rings (SSSR count). The van der Waals surface area contributed by atoms with E-state index in [1.807, 2.05) is 0 Å². The van der Waals surface area contributed by atoms with Crippen LogP contribution >= 0.6 is 0 Å². The number of amides is 2. The summed E-state index contributed by atoms with van der Waals surface area (Å²) in [5.74, 6) is 0.495. The van der Waals surface area contributed by atoms with Crippen LogP contribution in [0.2, 0.25) is 0 Å². The third-order valence-corrected chi connectivity index (χ3v) is 4.41. The molecule has 1 saturated carbocycles. The summed E-state index contributed by atoms with van der Waals surface area (Å²) >= 11 is 0. The molecule has 1 aliphatic rings. The van der Waals surface area contributed by atoms with Crippen LogP contribution in [0.15, 0.2) is 18.2 Å². The van der Waals surface area contributed by atoms with Gasteiger partial charge in [-0.2, -0.15) is 26.3 Å². The standard InChI is InChI=1S/C17H20F6N2O/c18-16(19,20)12-8-13(17(21,22)23)10-14(9-12)25-15(26)24-7-6-11-4-2-1-3-5-11/h8-11H,1-7H2,(H2,24,25,26). The van der Waals surface area contributed by atoms with Gasteiger partial charge >= 0.3 is 18.4 Å². The number of urea groups is 1. The SMILES string of the molecule is O=C(NCCC1CCCCC1)Nc1cc(C(F)(F)F)cc(C(F)(F)F)c1. The number of rotatable bonds is 4. The Morgan fingerprint density at radius 3 is 1.96 bits per heavy atom. The van der Waals surface area contributed by atoms with Crippen molar-refractivity contribution in [3.05, 3.63) is 29.3 Å². The van der Waals surface area contributed by atoms with Crippen LogP contribution in [0.1, 0.15) is 49.7 Å². The molecule has 146 valence electrons. The highest BCUT2D eigenvalue weighted by Crippen LogP contribution is 2.37. The minimum absolute atomic E-state index is 0.0200. The fourth-order valence-corrected chi connectivity index (χ4v) is 3.07. The van der Waals surface area contributed by atoms with E-state index in [0.29, 0.717) is 24.6 Å². The first-order valence-corrected chi connectivity index (χ1v) is 8.40. The van der Waals surface area contributed by atoms with Gasteiger partial charge in [0.05, 0.1) is 11.1 Å². The van der Waals surface area contributed by atoms with Crippen LogP contribution in [0.5, 0.6) is 0 Å². The molecule has 1 aromatic rings. The van der Waals surface area contributed by atoms with Gasteiger partial charge in [-0.05, 0) is 30.5 Å². The molecule has 1 aliphatic carbocycles. The Morgan fingerprint density at radius 2 is 1.46 bits per heavy atom. The maximum Gasteiger partial charge on any atom is 0.416 e. The van der Waals surface area contributed by atoms with Gasteiger partial charge in [0.15, 0.2) is 0 Å². The lowest BCUT2D eigenvalue weighted by Crippen LogP contribution is -2.31. The van der Waals surface area contributed by atoms with E-state index in [1.165, 1.54) is 6.42 Å². The second-order valence-corrected chi connectivity index (χ2v) is 6.47. The Labute approximate surface area is 147 Å². The monoisotopic (exact) mass is 382 g/mol. The molecule has 2 amide bonds. The van der Waals surface area contributed by atoms with Gasteiger partial charge in [0, 0.05) is 12.2 Å². The molecule has 0 radical (unpaired) electrons. The van der Waals surface area contributed by atoms with Crippen molar-refractivity contribution < 1.29 is 31.1 Å². The zero-order valence-corrected chi connectivity index (χ0v) is 13.9. The number of nitrogens with one attached hydrogen (secondary N) is 2. The van der Waals surface area contributed by atoms with Crippen LogP contribution in [-0.2, 0) is 12.4 Å². The van der Waals surface area contributed by atoms with Crippen molar-refractivity contribution in [2.24, 2.45) is 5.92 Å². The number of anilines is 1. The molecule has 3 nitrogen and oxygen atoms in total. The highest BCUT2D eigenvalue weighted by molar-refractivity contribution is 5.89. The average molecular weight is 382 g/mol. The van der Waals surface area contributed by atoms with Gasteiger partial charge < -0.3 is 10.6 Å². The molecule has 0 unspecified atom stereocenters. The van der Waals surface area contributed by atoms with Crippen molar-refractivity contribution in [1.29, 1.82) is 0 Å². The highest BCUT2D eigenvalue weighted by Gasteiger charge is 2.37. The number of hydrogen-bond donors (Lipinski definition) is 2. The van der Waals surface area contributed by atoms with Crippen LogP contribution in [0, 0.1) is 5.92 Å². The summed E-state index contributed by atoms with van der Waals surface area (Å²) in [5.41, 5.74) is -3.49. The van der Waals surface area contributed by atoms with Crippen LogP contribution in [-0.4, -0.2) is 12.6 Å². The molecule has 0 bridgehead atoms. The Kier molecular flexibility index (Phi) is 6.41. The zero-order valence-electron chi connectivity index (χ0n) is 13.9. The van der Waals surface area contributed by atoms with Gasteiger partial charge in [-0.25, -0.2) is 4.79 Å². The Hall–Kier alpha value is -1.93. The normalized spacial score (nSPS) is 16.4. The lowest BCUT2D eigenvalue weighted by atomic mass is 9.87. The summed E-state index contributed by atoms with van der Waals surface area (Å²) in [4.78, 5) is 11.8. The van der Waals surface area contributed by atoms with Crippen molar-refractivity contribution in [3.8, 4) is 0 Å². The molecule has 0 spiro atoms. The summed E-state index contributed by atoms with van der Waals surface area (Å²) in [6.07, 6.45) is -3.53. The van der Waals surface area contributed by atoms with Crippen LogP contribution in [0.3, 0.4) is 0 Å². The van der Waals surface area contributed by atoms with Crippen molar-refractivity contribution in [1.82, 2.24) is 5.32 Å². The van der Waals surface area contributed by atoms with Gasteiger partial charge in [-0.15, -0.1) is 0 Å². The summed E-state index contributed by atoms with van der Waals surface area (Å²) in [6, 6.07) is 0.159. The van der Waals surface area contributed by atoms with Crippen LogP contribution < -0.4 is 10.6 Å². The zero-order chi connectivity index (χ0) is 19.4. The van der Waals surface area contributed by atoms with Gasteiger partial charge in [-0.3, -0.25) is 0 Å². The second kappa shape index (κ2) is 8.18. The molecular weight excluding hydrogens is 362 g/mol. The van der Waals surface area contributed by atoms with Crippen molar-refractivity contribution >= 4 is 11.7 Å². The summed E-state index contributed by atoms with van der Waals surface area (Å²) < 4.78 is 76.7. The summed E-state index contributed by atoms with van der Waals surface area (Å²) in [7, 11) is 0. The first-order chi connectivity index (χ1) is 12.1. The minimum atomic E-state index is -4.95. The van der Waals surface area contributed by atoms with E-state index in [4.69, 9.17) is 0 Å². The highest BCUT2D eigenvalue weighted by atomic mass is 19.4. The van der Waals surface area contributed by atoms with Crippen molar-refractivity contribution in [2.75, 3.05) is 11.9 Å². The third-order valence-electron chi connectivity index (χ3n) is 4.41. The smallest absolute Gasteiger partial charge is 0.338 e. The van der Waals surface area contributed by atoms with E-state index < -0.39 is 35.2 Å². The number of hydrogen-bond acceptors (Lipinski definition) is 1. The van der Waals surface area contributed by atoms with Gasteiger partial charge in [-0.1, -0.05) is 32.1 Å². The lowest BCUT2D eigenvalue weighted by molar-refractivity contribution is -0.143. The van der Waals surface area contributed by atoms with E-state index in [0.717, 1.165) is 32.1 Å². The molecule has 2 N–H and O–H groups in total. The molecule has 0 atom stereocenters. The number of alkyl halides is 6. The maximum absolute atomic E-state index is 12.8. The molecule has 9 heteroatoms. The summed E-state index contributed by atoms with van der Waals surface area (Å²) in [6.45, 7) is 0.321. The van der Waals surface area contributed by atoms with Crippen LogP contribution in [0.4, 0.5) is 36.8 Å². The molecule has 1 aromatic carbocycles. The average Bonchev–Trinajstić information content (AvgIpc) is 2.54. The number of halogens is 6. The lowest BCUT2D eigenvalue weighted by Gasteiger charge is -2.21. The molecule has 0 aromatic heterocycles. The predicted octanol–water partition coefficient (Wildman–Crippen LogP) is 5.82. The Balaban J connectivity index is 1.99. The van der Waals surface area contributed by atoms with E-state index in [9.17, 15) is 31.1 Å². The summed E-state index contributed by atoms with van der Waals surface area (Å²) in [5, 5.41) is 4.54. The van der Waals surface area contributed by atoms with Crippen molar-refractivity contribution in [2.45, 2.75) is 50.9 Å². The van der Waals surface area contributed by atoms with Crippen LogP contribution in [0.25, 0.3) is 0 Å². The van der Waals surface area contributed by atoms with Gasteiger partial charge in [0.1, 0.15) is 0 Å². The maximum atomic E-state index is 12.8. The van der Waals surface area contributed by atoms with E-state index >= 15 is 0 Å². The molecule has 0 saturated heterocycles. The Bertz CT molecular complexity index is 588. The first-order valence-electron chi connectivity index (χ1n) is 8.40. The van der Waals surface area contributed by atoms with E-state index in [-0.39, 0.29) is 6.07 Å². The second-order valence-electron chi connectivity index (χ2n) is 6.47. The largest absolute Gasteiger partial charge is 0.416 e. The molecular formula is C17H20F6N2O. The van der Waals surface area contributed by atoms with Gasteiger partial charge in [0.25, 0.3) is 0 Å². The number of benzene rings is 1. The molecule has 26 heavy (non-hydrogen) atoms. The van der Waals surface area contributed by atoms with Gasteiger partial charge in [0.2, 0.25) is 0 Å². The first kappa shape index (κ1) is 20.4. The predicted molar refractivity (Wildman–Crippen MR) is 84.7 cm³/mol. The quantitative estimate of drug-likeness (QED) is 0.634. The topological polar surface area (TPSA) is 41.1 Å². The Morgan fingerprint density at radius 1 is 0.923 bits per heavy atom. The fraction of sp³-hybridized carbons (Fsp3) is 0.588.